The zero-order chi connectivity index (χ0) is 22.9. The highest BCUT2D eigenvalue weighted by atomic mass is 19.1. The number of aliphatic hydroxyl groups is 1. The van der Waals surface area contributed by atoms with Gasteiger partial charge in [0.05, 0.1) is 11.7 Å². The van der Waals surface area contributed by atoms with Crippen molar-refractivity contribution in [3.8, 4) is 5.69 Å². The standard InChI is InChI=1S/C24H23F2N3O3/c1-11(2)22-18(14-8-24(32,9-14)23(30)31)19-17(7-13-10-27-28-21(13)20(19)26)29(22)15-4-5-16(25)12(3)6-15/h4-7,10-11,14,32H,8-9H2,1-3H3,(H,27,28)(H,30,31)/t14-,24+. The number of carboxylic acid groups (broad SMARTS) is 1. The number of aliphatic carboxylic acids is 1. The molecule has 3 N–H and O–H groups in total. The number of nitrogens with one attached hydrogen (secondary N) is 1. The minimum absolute atomic E-state index is 0.00403. The van der Waals surface area contributed by atoms with Gasteiger partial charge < -0.3 is 14.8 Å². The van der Waals surface area contributed by atoms with E-state index in [1.165, 1.54) is 6.07 Å². The van der Waals surface area contributed by atoms with Gasteiger partial charge in [0.25, 0.3) is 0 Å². The summed E-state index contributed by atoms with van der Waals surface area (Å²) < 4.78 is 31.8. The number of aromatic amines is 1. The Morgan fingerprint density at radius 1 is 1.28 bits per heavy atom. The lowest BCUT2D eigenvalue weighted by Gasteiger charge is -2.41. The highest BCUT2D eigenvalue weighted by Gasteiger charge is 2.51. The van der Waals surface area contributed by atoms with Crippen LogP contribution in [-0.4, -0.2) is 36.5 Å². The van der Waals surface area contributed by atoms with Crippen LogP contribution in [0.4, 0.5) is 8.78 Å². The minimum Gasteiger partial charge on any atom is -0.479 e. The lowest BCUT2D eigenvalue weighted by Crippen LogP contribution is -2.49. The lowest BCUT2D eigenvalue weighted by molar-refractivity contribution is -0.169. The van der Waals surface area contributed by atoms with Gasteiger partial charge >= 0.3 is 5.97 Å². The second-order valence-corrected chi connectivity index (χ2v) is 9.08. The van der Waals surface area contributed by atoms with Crippen LogP contribution in [-0.2, 0) is 4.79 Å². The van der Waals surface area contributed by atoms with Gasteiger partial charge in [0, 0.05) is 22.2 Å². The van der Waals surface area contributed by atoms with Crippen LogP contribution in [0.1, 0.15) is 55.3 Å². The number of H-pyrrole nitrogens is 1. The Morgan fingerprint density at radius 2 is 2.00 bits per heavy atom. The van der Waals surface area contributed by atoms with Crippen molar-refractivity contribution in [1.82, 2.24) is 14.8 Å². The second kappa shape index (κ2) is 6.87. The topological polar surface area (TPSA) is 91.1 Å². The maximum atomic E-state index is 15.8. The Balaban J connectivity index is 1.86. The van der Waals surface area contributed by atoms with E-state index in [0.717, 1.165) is 5.69 Å². The fraction of sp³-hybridized carbons (Fsp3) is 0.333. The first-order valence-corrected chi connectivity index (χ1v) is 10.5. The number of carbonyl (C=O) groups is 1. The van der Waals surface area contributed by atoms with E-state index >= 15 is 4.39 Å². The van der Waals surface area contributed by atoms with E-state index in [1.807, 2.05) is 24.5 Å². The minimum atomic E-state index is -1.81. The first-order chi connectivity index (χ1) is 15.1. The molecule has 8 heteroatoms. The van der Waals surface area contributed by atoms with Gasteiger partial charge in [-0.05, 0) is 67.0 Å². The van der Waals surface area contributed by atoms with Gasteiger partial charge in [-0.2, -0.15) is 5.10 Å². The van der Waals surface area contributed by atoms with E-state index in [0.29, 0.717) is 33.1 Å². The van der Waals surface area contributed by atoms with Gasteiger partial charge in [-0.3, -0.25) is 5.10 Å². The van der Waals surface area contributed by atoms with Gasteiger partial charge in [-0.25, -0.2) is 13.6 Å². The molecule has 2 aromatic carbocycles. The maximum absolute atomic E-state index is 15.8. The van der Waals surface area contributed by atoms with Crippen LogP contribution in [0, 0.1) is 18.6 Å². The van der Waals surface area contributed by atoms with Gasteiger partial charge in [-0.15, -0.1) is 0 Å². The normalized spacial score (nSPS) is 20.9. The van der Waals surface area contributed by atoms with E-state index in [9.17, 15) is 19.4 Å². The molecule has 4 aromatic rings. The summed E-state index contributed by atoms with van der Waals surface area (Å²) in [6, 6.07) is 6.60. The summed E-state index contributed by atoms with van der Waals surface area (Å²) in [4.78, 5) is 11.5. The predicted molar refractivity (Wildman–Crippen MR) is 116 cm³/mol. The van der Waals surface area contributed by atoms with Crippen molar-refractivity contribution in [2.75, 3.05) is 0 Å². The van der Waals surface area contributed by atoms with Crippen LogP contribution in [0.5, 0.6) is 0 Å². The number of aryl methyl sites for hydroxylation is 1. The number of hydrogen-bond donors (Lipinski definition) is 3. The van der Waals surface area contributed by atoms with Crippen LogP contribution in [0.2, 0.25) is 0 Å². The van der Waals surface area contributed by atoms with Gasteiger partial charge in [0.1, 0.15) is 11.3 Å². The van der Waals surface area contributed by atoms with Gasteiger partial charge in [0.2, 0.25) is 0 Å². The number of halogens is 2. The second-order valence-electron chi connectivity index (χ2n) is 9.08. The van der Waals surface area contributed by atoms with Crippen molar-refractivity contribution in [2.45, 2.75) is 51.0 Å². The average molecular weight is 439 g/mol. The molecule has 2 aromatic heterocycles. The molecule has 0 unspecified atom stereocenters. The molecule has 1 saturated carbocycles. The van der Waals surface area contributed by atoms with Gasteiger partial charge in [-0.1, -0.05) is 13.8 Å². The molecule has 0 atom stereocenters. The molecular formula is C24H23F2N3O3. The monoisotopic (exact) mass is 439 g/mol. The third-order valence-electron chi connectivity index (χ3n) is 6.60. The Labute approximate surface area is 182 Å². The van der Waals surface area contributed by atoms with Crippen LogP contribution in [0.25, 0.3) is 27.5 Å². The molecule has 1 aliphatic carbocycles. The van der Waals surface area contributed by atoms with E-state index in [2.05, 4.69) is 10.2 Å². The van der Waals surface area contributed by atoms with Crippen molar-refractivity contribution in [1.29, 1.82) is 0 Å². The fourth-order valence-electron chi connectivity index (χ4n) is 5.01. The van der Waals surface area contributed by atoms with E-state index in [1.54, 1.807) is 25.3 Å². The summed E-state index contributed by atoms with van der Waals surface area (Å²) in [7, 11) is 0. The summed E-state index contributed by atoms with van der Waals surface area (Å²) in [6.45, 7) is 5.64. The van der Waals surface area contributed by atoms with Crippen LogP contribution >= 0.6 is 0 Å². The summed E-state index contributed by atoms with van der Waals surface area (Å²) >= 11 is 0. The summed E-state index contributed by atoms with van der Waals surface area (Å²) in [5, 5.41) is 27.4. The average Bonchev–Trinajstić information content (AvgIpc) is 3.30. The number of hydrogen-bond acceptors (Lipinski definition) is 3. The Bertz CT molecular complexity index is 1400. The number of carboxylic acids is 1. The molecular weight excluding hydrogens is 416 g/mol. The Hall–Kier alpha value is -3.26. The van der Waals surface area contributed by atoms with Crippen LogP contribution in [0.3, 0.4) is 0 Å². The zero-order valence-electron chi connectivity index (χ0n) is 17.9. The zero-order valence-corrected chi connectivity index (χ0v) is 17.9. The van der Waals surface area contributed by atoms with Crippen molar-refractivity contribution < 1.29 is 23.8 Å². The van der Waals surface area contributed by atoms with E-state index in [4.69, 9.17) is 0 Å². The highest BCUT2D eigenvalue weighted by molar-refractivity contribution is 6.00. The van der Waals surface area contributed by atoms with Crippen LogP contribution in [0.15, 0.2) is 30.5 Å². The molecule has 0 radical (unpaired) electrons. The van der Waals surface area contributed by atoms with Crippen molar-refractivity contribution in [3.63, 3.8) is 0 Å². The molecule has 6 nitrogen and oxygen atoms in total. The molecule has 0 saturated heterocycles. The number of benzene rings is 2. The molecule has 0 bridgehead atoms. The molecule has 0 amide bonds. The number of rotatable bonds is 4. The smallest absolute Gasteiger partial charge is 0.335 e. The fourth-order valence-corrected chi connectivity index (χ4v) is 5.01. The van der Waals surface area contributed by atoms with Crippen LogP contribution < -0.4 is 0 Å². The molecule has 5 rings (SSSR count). The molecule has 1 fully saturated rings. The molecule has 0 aliphatic heterocycles. The first kappa shape index (κ1) is 20.6. The number of nitrogens with zero attached hydrogens (tertiary/aromatic N) is 2. The summed E-state index contributed by atoms with van der Waals surface area (Å²) in [5.74, 6) is -2.43. The summed E-state index contributed by atoms with van der Waals surface area (Å²) in [6.07, 6.45) is 1.56. The SMILES string of the molecule is Cc1cc(-n2c(C(C)C)c([C@H]3C[C@](O)(C(=O)O)C3)c3c(F)c4[nH]ncc4cc32)ccc1F. The van der Waals surface area contributed by atoms with Crippen molar-refractivity contribution in [3.05, 3.63) is 58.9 Å². The maximum Gasteiger partial charge on any atom is 0.335 e. The lowest BCUT2D eigenvalue weighted by atomic mass is 9.66. The Kier molecular flexibility index (Phi) is 4.43. The number of aromatic nitrogens is 3. The van der Waals surface area contributed by atoms with Crippen molar-refractivity contribution in [2.24, 2.45) is 0 Å². The summed E-state index contributed by atoms with van der Waals surface area (Å²) in [5.41, 5.74) is 1.74. The van der Waals surface area contributed by atoms with Crippen molar-refractivity contribution >= 4 is 27.8 Å². The molecule has 1 aliphatic rings. The highest BCUT2D eigenvalue weighted by Crippen LogP contribution is 2.51. The van der Waals surface area contributed by atoms with E-state index in [-0.39, 0.29) is 36.0 Å². The first-order valence-electron chi connectivity index (χ1n) is 10.5. The number of fused-ring (bicyclic) bond motifs is 2. The largest absolute Gasteiger partial charge is 0.479 e. The molecule has 0 spiro atoms. The third kappa shape index (κ3) is 2.79. The predicted octanol–water partition coefficient (Wildman–Crippen LogP) is 4.91. The molecule has 166 valence electrons. The quantitative estimate of drug-likeness (QED) is 0.421. The third-order valence-corrected chi connectivity index (χ3v) is 6.60. The Morgan fingerprint density at radius 3 is 2.62 bits per heavy atom. The van der Waals surface area contributed by atoms with E-state index < -0.39 is 17.4 Å². The molecule has 32 heavy (non-hydrogen) atoms. The van der Waals surface area contributed by atoms with Gasteiger partial charge in [0.15, 0.2) is 11.4 Å². The molecule has 2 heterocycles.